The standard InChI is InChI=1S/C23H40N4O2.HI/c1-5-28-14-15-29-18-21-11-9-10-20(16-21)17-25-22(24-4)26-19-23(2,3)27-12-7-6-8-13-27;/h9-11,16H,5-8,12-15,17-19H2,1-4H3,(H2,24,25,26);1H. The van der Waals surface area contributed by atoms with Crippen molar-refractivity contribution >= 4 is 29.9 Å². The van der Waals surface area contributed by atoms with Crippen molar-refractivity contribution in [1.82, 2.24) is 15.5 Å². The van der Waals surface area contributed by atoms with Crippen molar-refractivity contribution in [1.29, 1.82) is 0 Å². The van der Waals surface area contributed by atoms with Gasteiger partial charge in [-0.05, 0) is 57.8 Å². The number of aliphatic imine (C=N–C) groups is 1. The van der Waals surface area contributed by atoms with Gasteiger partial charge in [0, 0.05) is 32.3 Å². The summed E-state index contributed by atoms with van der Waals surface area (Å²) in [5, 5.41) is 6.94. The molecule has 2 N–H and O–H groups in total. The van der Waals surface area contributed by atoms with E-state index in [0.717, 1.165) is 25.7 Å². The number of nitrogens with zero attached hydrogens (tertiary/aromatic N) is 2. The number of hydrogen-bond donors (Lipinski definition) is 2. The molecule has 6 nitrogen and oxygen atoms in total. The van der Waals surface area contributed by atoms with Gasteiger partial charge in [0.15, 0.2) is 5.96 Å². The molecule has 30 heavy (non-hydrogen) atoms. The van der Waals surface area contributed by atoms with Gasteiger partial charge in [-0.15, -0.1) is 24.0 Å². The highest BCUT2D eigenvalue weighted by Gasteiger charge is 2.27. The van der Waals surface area contributed by atoms with Crippen LogP contribution in [0.3, 0.4) is 0 Å². The van der Waals surface area contributed by atoms with Crippen molar-refractivity contribution in [3.05, 3.63) is 35.4 Å². The number of rotatable bonds is 11. The third-order valence-electron chi connectivity index (χ3n) is 5.42. The number of guanidine groups is 1. The van der Waals surface area contributed by atoms with Crippen LogP contribution in [0.2, 0.25) is 0 Å². The maximum absolute atomic E-state index is 5.67. The molecule has 1 fully saturated rings. The van der Waals surface area contributed by atoms with Gasteiger partial charge in [-0.1, -0.05) is 30.7 Å². The van der Waals surface area contributed by atoms with Crippen LogP contribution >= 0.6 is 24.0 Å². The molecule has 1 heterocycles. The van der Waals surface area contributed by atoms with E-state index >= 15 is 0 Å². The average molecular weight is 533 g/mol. The Kier molecular flexibility index (Phi) is 13.6. The van der Waals surface area contributed by atoms with Crippen LogP contribution in [0.25, 0.3) is 0 Å². The molecule has 7 heteroatoms. The Balaban J connectivity index is 0.00000450. The first-order chi connectivity index (χ1) is 14.0. The van der Waals surface area contributed by atoms with E-state index in [2.05, 4.69) is 58.6 Å². The van der Waals surface area contributed by atoms with E-state index < -0.39 is 0 Å². The van der Waals surface area contributed by atoms with Gasteiger partial charge in [0.05, 0.1) is 19.8 Å². The van der Waals surface area contributed by atoms with Gasteiger partial charge in [0.25, 0.3) is 0 Å². The quantitative estimate of drug-likeness (QED) is 0.197. The van der Waals surface area contributed by atoms with Crippen molar-refractivity contribution < 1.29 is 9.47 Å². The Bertz CT molecular complexity index is 619. The molecule has 1 aliphatic rings. The Morgan fingerprint density at radius 3 is 2.47 bits per heavy atom. The summed E-state index contributed by atoms with van der Waals surface area (Å²) in [5.74, 6) is 0.841. The highest BCUT2D eigenvalue weighted by molar-refractivity contribution is 14.0. The van der Waals surface area contributed by atoms with Crippen LogP contribution in [-0.2, 0) is 22.6 Å². The van der Waals surface area contributed by atoms with Crippen LogP contribution in [0, 0.1) is 0 Å². The van der Waals surface area contributed by atoms with Crippen molar-refractivity contribution in [2.75, 3.05) is 46.5 Å². The van der Waals surface area contributed by atoms with Crippen LogP contribution in [0.1, 0.15) is 51.2 Å². The molecule has 0 bridgehead atoms. The molecule has 0 amide bonds. The lowest BCUT2D eigenvalue weighted by atomic mass is 9.98. The second-order valence-electron chi connectivity index (χ2n) is 8.21. The summed E-state index contributed by atoms with van der Waals surface area (Å²) < 4.78 is 11.0. The predicted molar refractivity (Wildman–Crippen MR) is 136 cm³/mol. The molecule has 0 aliphatic carbocycles. The van der Waals surface area contributed by atoms with Gasteiger partial charge < -0.3 is 20.1 Å². The maximum Gasteiger partial charge on any atom is 0.191 e. The molecular weight excluding hydrogens is 491 g/mol. The Morgan fingerprint density at radius 1 is 1.07 bits per heavy atom. The second kappa shape index (κ2) is 15.0. The van der Waals surface area contributed by atoms with E-state index in [-0.39, 0.29) is 29.5 Å². The molecule has 0 saturated carbocycles. The fourth-order valence-electron chi connectivity index (χ4n) is 3.60. The number of piperidine rings is 1. The minimum atomic E-state index is 0. The van der Waals surface area contributed by atoms with Crippen LogP contribution < -0.4 is 10.6 Å². The molecule has 0 radical (unpaired) electrons. The van der Waals surface area contributed by atoms with E-state index in [1.165, 1.54) is 43.5 Å². The Morgan fingerprint density at radius 2 is 1.77 bits per heavy atom. The second-order valence-corrected chi connectivity index (χ2v) is 8.21. The molecule has 1 aromatic rings. The largest absolute Gasteiger partial charge is 0.379 e. The topological polar surface area (TPSA) is 58.1 Å². The summed E-state index contributed by atoms with van der Waals surface area (Å²) in [6, 6.07) is 8.48. The minimum Gasteiger partial charge on any atom is -0.379 e. The number of ether oxygens (including phenoxy) is 2. The van der Waals surface area contributed by atoms with E-state index in [1.807, 2.05) is 14.0 Å². The van der Waals surface area contributed by atoms with Gasteiger partial charge in [-0.25, -0.2) is 0 Å². The number of nitrogens with one attached hydrogen (secondary N) is 2. The highest BCUT2D eigenvalue weighted by atomic mass is 127. The summed E-state index contributed by atoms with van der Waals surface area (Å²) in [7, 11) is 1.83. The summed E-state index contributed by atoms with van der Waals surface area (Å²) in [6.45, 7) is 13.2. The summed E-state index contributed by atoms with van der Waals surface area (Å²) in [4.78, 5) is 6.98. The SMILES string of the molecule is CCOCCOCc1cccc(CNC(=NC)NCC(C)(C)N2CCCCC2)c1.I. The molecule has 172 valence electrons. The van der Waals surface area contributed by atoms with Crippen molar-refractivity contribution in [2.45, 2.75) is 58.7 Å². The lowest BCUT2D eigenvalue weighted by molar-refractivity contribution is 0.0453. The maximum atomic E-state index is 5.67. The van der Waals surface area contributed by atoms with E-state index in [9.17, 15) is 0 Å². The highest BCUT2D eigenvalue weighted by Crippen LogP contribution is 2.19. The van der Waals surface area contributed by atoms with Gasteiger partial charge in [-0.2, -0.15) is 0 Å². The smallest absolute Gasteiger partial charge is 0.191 e. The lowest BCUT2D eigenvalue weighted by Crippen LogP contribution is -2.54. The van der Waals surface area contributed by atoms with Crippen LogP contribution in [-0.4, -0.2) is 62.9 Å². The normalized spacial score (nSPS) is 15.5. The average Bonchev–Trinajstić information content (AvgIpc) is 2.74. The van der Waals surface area contributed by atoms with Gasteiger partial charge in [0.2, 0.25) is 0 Å². The predicted octanol–water partition coefficient (Wildman–Crippen LogP) is 3.79. The zero-order valence-corrected chi connectivity index (χ0v) is 21.5. The first kappa shape index (κ1) is 27.1. The number of likely N-dealkylation sites (tertiary alicyclic amines) is 1. The van der Waals surface area contributed by atoms with E-state index in [4.69, 9.17) is 9.47 Å². The van der Waals surface area contributed by atoms with Crippen molar-refractivity contribution in [3.8, 4) is 0 Å². The Hall–Kier alpha value is -0.900. The summed E-state index contributed by atoms with van der Waals surface area (Å²) >= 11 is 0. The third-order valence-corrected chi connectivity index (χ3v) is 5.42. The van der Waals surface area contributed by atoms with Gasteiger partial charge in [0.1, 0.15) is 0 Å². The van der Waals surface area contributed by atoms with Crippen LogP contribution in [0.15, 0.2) is 29.3 Å². The minimum absolute atomic E-state index is 0. The first-order valence-electron chi connectivity index (χ1n) is 11.0. The van der Waals surface area contributed by atoms with Crippen LogP contribution in [0.5, 0.6) is 0 Å². The monoisotopic (exact) mass is 532 g/mol. The molecule has 0 atom stereocenters. The van der Waals surface area contributed by atoms with E-state index in [1.54, 1.807) is 0 Å². The van der Waals surface area contributed by atoms with Gasteiger partial charge in [-0.3, -0.25) is 9.89 Å². The zero-order chi connectivity index (χ0) is 21.0. The fraction of sp³-hybridized carbons (Fsp3) is 0.696. The number of halogens is 1. The van der Waals surface area contributed by atoms with Crippen molar-refractivity contribution in [3.63, 3.8) is 0 Å². The molecule has 0 aromatic heterocycles. The summed E-state index contributed by atoms with van der Waals surface area (Å²) in [5.41, 5.74) is 2.51. The number of benzene rings is 1. The molecule has 0 unspecified atom stereocenters. The molecule has 1 aromatic carbocycles. The number of hydrogen-bond acceptors (Lipinski definition) is 4. The van der Waals surface area contributed by atoms with Crippen molar-refractivity contribution in [2.24, 2.45) is 4.99 Å². The van der Waals surface area contributed by atoms with E-state index in [0.29, 0.717) is 19.8 Å². The molecule has 1 saturated heterocycles. The van der Waals surface area contributed by atoms with Crippen LogP contribution in [0.4, 0.5) is 0 Å². The summed E-state index contributed by atoms with van der Waals surface area (Å²) in [6.07, 6.45) is 3.98. The Labute approximate surface area is 200 Å². The molecule has 1 aliphatic heterocycles. The molecule has 0 spiro atoms. The zero-order valence-electron chi connectivity index (χ0n) is 19.2. The first-order valence-corrected chi connectivity index (χ1v) is 11.0. The third kappa shape index (κ3) is 9.94. The lowest BCUT2D eigenvalue weighted by Gasteiger charge is -2.41. The fourth-order valence-corrected chi connectivity index (χ4v) is 3.60. The molecular formula is C23H41IN4O2. The van der Waals surface area contributed by atoms with Gasteiger partial charge >= 0.3 is 0 Å². The molecule has 2 rings (SSSR count).